The smallest absolute Gasteiger partial charge is 0.234 e. The third kappa shape index (κ3) is 4.03. The van der Waals surface area contributed by atoms with Gasteiger partial charge in [0.2, 0.25) is 5.91 Å². The van der Waals surface area contributed by atoms with E-state index in [0.29, 0.717) is 24.1 Å². The molecule has 0 spiro atoms. The molecule has 3 N–H and O–H groups in total. The molecule has 0 saturated carbocycles. The summed E-state index contributed by atoms with van der Waals surface area (Å²) >= 11 is 0. The molecule has 2 rings (SSSR count). The lowest BCUT2D eigenvalue weighted by Crippen LogP contribution is -2.39. The monoisotopic (exact) mass is 290 g/mol. The van der Waals surface area contributed by atoms with Gasteiger partial charge in [-0.25, -0.2) is 4.39 Å². The molecule has 112 valence electrons. The van der Waals surface area contributed by atoms with Gasteiger partial charge in [-0.3, -0.25) is 9.69 Å². The average Bonchev–Trinajstić information content (AvgIpc) is 2.90. The van der Waals surface area contributed by atoms with Gasteiger partial charge in [-0.2, -0.15) is 0 Å². The van der Waals surface area contributed by atoms with Crippen LogP contribution in [0.4, 0.5) is 4.39 Å². The summed E-state index contributed by atoms with van der Waals surface area (Å²) in [5.74, 6) is 4.87. The van der Waals surface area contributed by atoms with Crippen molar-refractivity contribution in [1.82, 2.24) is 4.90 Å². The van der Waals surface area contributed by atoms with Gasteiger partial charge in [0.25, 0.3) is 0 Å². The minimum absolute atomic E-state index is 0.00294. The Bertz CT molecular complexity index is 577. The predicted molar refractivity (Wildman–Crippen MR) is 77.6 cm³/mol. The van der Waals surface area contributed by atoms with Crippen LogP contribution in [0.1, 0.15) is 30.4 Å². The fourth-order valence-electron chi connectivity index (χ4n) is 2.53. The molecule has 1 fully saturated rings. The number of carbonyl (C=O) groups excluding carboxylic acids is 1. The number of nitrogens with zero attached hydrogens (tertiary/aromatic N) is 1. The van der Waals surface area contributed by atoms with E-state index in [1.807, 2.05) is 4.90 Å². The van der Waals surface area contributed by atoms with Crippen molar-refractivity contribution in [1.29, 1.82) is 0 Å². The van der Waals surface area contributed by atoms with Crippen LogP contribution in [0.25, 0.3) is 0 Å². The Hall–Kier alpha value is -1.90. The maximum absolute atomic E-state index is 14.1. The molecule has 1 aromatic rings. The minimum atomic E-state index is -0.348. The summed E-state index contributed by atoms with van der Waals surface area (Å²) < 4.78 is 14.1. The van der Waals surface area contributed by atoms with E-state index < -0.39 is 0 Å². The maximum atomic E-state index is 14.1. The van der Waals surface area contributed by atoms with Gasteiger partial charge in [0.1, 0.15) is 5.82 Å². The zero-order valence-corrected chi connectivity index (χ0v) is 11.8. The number of benzene rings is 1. The molecule has 5 heteroatoms. The second-order valence-electron chi connectivity index (χ2n) is 5.11. The zero-order valence-electron chi connectivity index (χ0n) is 11.8. The van der Waals surface area contributed by atoms with Gasteiger partial charge in [-0.15, -0.1) is 0 Å². The Morgan fingerprint density at radius 3 is 3.00 bits per heavy atom. The highest BCUT2D eigenvalue weighted by molar-refractivity contribution is 5.80. The number of amides is 1. The molecule has 0 aromatic heterocycles. The molecule has 1 amide bonds. The Balaban J connectivity index is 2.08. The molecular formula is C16H19FN2O2. The van der Waals surface area contributed by atoms with Crippen LogP contribution in [-0.2, 0) is 11.3 Å². The number of carbonyl (C=O) groups is 1. The van der Waals surface area contributed by atoms with Gasteiger partial charge in [0.05, 0.1) is 12.6 Å². The van der Waals surface area contributed by atoms with Gasteiger partial charge in [0.15, 0.2) is 0 Å². The van der Waals surface area contributed by atoms with Crippen LogP contribution in [0.5, 0.6) is 0 Å². The van der Waals surface area contributed by atoms with Crippen molar-refractivity contribution in [3.05, 3.63) is 35.1 Å². The lowest BCUT2D eigenvalue weighted by molar-refractivity contribution is -0.122. The third-order valence-corrected chi connectivity index (χ3v) is 3.59. The van der Waals surface area contributed by atoms with E-state index in [9.17, 15) is 9.18 Å². The first-order chi connectivity index (χ1) is 10.1. The molecule has 0 radical (unpaired) electrons. The van der Waals surface area contributed by atoms with Gasteiger partial charge in [-0.1, -0.05) is 17.9 Å². The summed E-state index contributed by atoms with van der Waals surface area (Å²) in [5, 5.41) is 8.65. The number of nitrogens with two attached hydrogens (primary N) is 1. The van der Waals surface area contributed by atoms with Gasteiger partial charge in [-0.05, 0) is 31.5 Å². The van der Waals surface area contributed by atoms with Gasteiger partial charge < -0.3 is 10.8 Å². The Morgan fingerprint density at radius 1 is 1.52 bits per heavy atom. The van der Waals surface area contributed by atoms with E-state index in [4.69, 9.17) is 10.8 Å². The van der Waals surface area contributed by atoms with Crippen molar-refractivity contribution in [3.63, 3.8) is 0 Å². The highest BCUT2D eigenvalue weighted by atomic mass is 19.1. The molecule has 0 aliphatic carbocycles. The van der Waals surface area contributed by atoms with Crippen molar-refractivity contribution < 1.29 is 14.3 Å². The quantitative estimate of drug-likeness (QED) is 0.813. The molecule has 1 heterocycles. The molecule has 0 bridgehead atoms. The van der Waals surface area contributed by atoms with Crippen LogP contribution in [-0.4, -0.2) is 35.1 Å². The second kappa shape index (κ2) is 7.21. The van der Waals surface area contributed by atoms with Crippen LogP contribution < -0.4 is 5.73 Å². The van der Waals surface area contributed by atoms with Crippen LogP contribution in [0.15, 0.2) is 18.2 Å². The fourth-order valence-corrected chi connectivity index (χ4v) is 2.53. The lowest BCUT2D eigenvalue weighted by atomic mass is 10.1. The molecule has 1 aliphatic rings. The van der Waals surface area contributed by atoms with Crippen molar-refractivity contribution in [2.24, 2.45) is 5.73 Å². The van der Waals surface area contributed by atoms with E-state index in [1.54, 1.807) is 12.1 Å². The summed E-state index contributed by atoms with van der Waals surface area (Å²) in [4.78, 5) is 13.3. The first kappa shape index (κ1) is 15.5. The Labute approximate surface area is 123 Å². The number of rotatable bonds is 4. The highest BCUT2D eigenvalue weighted by Crippen LogP contribution is 2.21. The first-order valence-corrected chi connectivity index (χ1v) is 7.03. The summed E-state index contributed by atoms with van der Waals surface area (Å²) in [6.07, 6.45) is 2.01. The summed E-state index contributed by atoms with van der Waals surface area (Å²) in [7, 11) is 0. The maximum Gasteiger partial charge on any atom is 0.234 e. The van der Waals surface area contributed by atoms with Crippen molar-refractivity contribution in [2.45, 2.75) is 31.8 Å². The average molecular weight is 290 g/mol. The topological polar surface area (TPSA) is 66.6 Å². The largest absolute Gasteiger partial charge is 0.395 e. The molecule has 1 unspecified atom stereocenters. The number of halogens is 1. The minimum Gasteiger partial charge on any atom is -0.395 e. The SMILES string of the molecule is NC(=O)C1CCCN1Cc1ccc(C#CCCO)cc1F. The van der Waals surface area contributed by atoms with E-state index in [2.05, 4.69) is 11.8 Å². The summed E-state index contributed by atoms with van der Waals surface area (Å²) in [6.45, 7) is 1.13. The fraction of sp³-hybridized carbons (Fsp3) is 0.438. The normalized spacial score (nSPS) is 18.3. The highest BCUT2D eigenvalue weighted by Gasteiger charge is 2.29. The summed E-state index contributed by atoms with van der Waals surface area (Å²) in [5.41, 5.74) is 6.48. The Kier molecular flexibility index (Phi) is 5.32. The number of primary amides is 1. The first-order valence-electron chi connectivity index (χ1n) is 7.03. The number of hydrogen-bond donors (Lipinski definition) is 2. The number of aliphatic hydroxyl groups is 1. The van der Waals surface area contributed by atoms with E-state index in [-0.39, 0.29) is 24.4 Å². The molecule has 21 heavy (non-hydrogen) atoms. The number of aliphatic hydroxyl groups excluding tert-OH is 1. The molecule has 1 aliphatic heterocycles. The van der Waals surface area contributed by atoms with E-state index >= 15 is 0 Å². The predicted octanol–water partition coefficient (Wildman–Crippen LogP) is 1.01. The van der Waals surface area contributed by atoms with Crippen LogP contribution in [0.2, 0.25) is 0 Å². The van der Waals surface area contributed by atoms with Crippen molar-refractivity contribution in [2.75, 3.05) is 13.2 Å². The lowest BCUT2D eigenvalue weighted by Gasteiger charge is -2.22. The number of likely N-dealkylation sites (tertiary alicyclic amines) is 1. The van der Waals surface area contributed by atoms with Gasteiger partial charge in [0, 0.05) is 24.1 Å². The van der Waals surface area contributed by atoms with Crippen LogP contribution in [0, 0.1) is 17.7 Å². The molecule has 1 aromatic carbocycles. The number of hydrogen-bond acceptors (Lipinski definition) is 3. The van der Waals surface area contributed by atoms with E-state index in [0.717, 1.165) is 19.4 Å². The van der Waals surface area contributed by atoms with Crippen molar-refractivity contribution >= 4 is 5.91 Å². The Morgan fingerprint density at radius 2 is 2.33 bits per heavy atom. The molecular weight excluding hydrogens is 271 g/mol. The van der Waals surface area contributed by atoms with E-state index in [1.165, 1.54) is 6.07 Å². The molecule has 1 saturated heterocycles. The standard InChI is InChI=1S/C16H19FN2O2/c17-14-10-12(4-1-2-9-20)6-7-13(14)11-19-8-3-5-15(19)16(18)21/h6-7,10,15,20H,2-3,5,8-9,11H2,(H2,18,21). The second-order valence-corrected chi connectivity index (χ2v) is 5.11. The third-order valence-electron chi connectivity index (χ3n) is 3.59. The summed E-state index contributed by atoms with van der Waals surface area (Å²) in [6, 6.07) is 4.52. The van der Waals surface area contributed by atoms with Crippen LogP contribution in [0.3, 0.4) is 0 Å². The van der Waals surface area contributed by atoms with Crippen LogP contribution >= 0.6 is 0 Å². The molecule has 1 atom stereocenters. The van der Waals surface area contributed by atoms with Gasteiger partial charge >= 0.3 is 0 Å². The zero-order chi connectivity index (χ0) is 15.2. The molecule has 4 nitrogen and oxygen atoms in total. The van der Waals surface area contributed by atoms with Crippen molar-refractivity contribution in [3.8, 4) is 11.8 Å².